The van der Waals surface area contributed by atoms with E-state index in [1.54, 1.807) is 9.58 Å². The lowest BCUT2D eigenvalue weighted by Gasteiger charge is -2.30. The summed E-state index contributed by atoms with van der Waals surface area (Å²) >= 11 is 0. The predicted octanol–water partition coefficient (Wildman–Crippen LogP) is 5.48. The van der Waals surface area contributed by atoms with Gasteiger partial charge in [0.05, 0.1) is 17.9 Å². The fraction of sp³-hybridized carbons (Fsp3) is 0.593. The molecular formula is C27H40N4O2. The van der Waals surface area contributed by atoms with Crippen molar-refractivity contribution in [1.29, 1.82) is 0 Å². The summed E-state index contributed by atoms with van der Waals surface area (Å²) in [6, 6.07) is 10.0. The highest BCUT2D eigenvalue weighted by Gasteiger charge is 2.28. The fourth-order valence-corrected chi connectivity index (χ4v) is 4.43. The largest absolute Gasteiger partial charge is 0.333 e. The van der Waals surface area contributed by atoms with Crippen LogP contribution in [0.4, 0.5) is 5.82 Å². The van der Waals surface area contributed by atoms with Crippen molar-refractivity contribution in [2.24, 2.45) is 11.8 Å². The third-order valence-electron chi connectivity index (χ3n) is 6.18. The van der Waals surface area contributed by atoms with Crippen LogP contribution in [0.25, 0.3) is 5.69 Å². The molecule has 1 heterocycles. The van der Waals surface area contributed by atoms with E-state index in [1.807, 2.05) is 37.3 Å². The van der Waals surface area contributed by atoms with Gasteiger partial charge in [0.25, 0.3) is 0 Å². The quantitative estimate of drug-likeness (QED) is 0.605. The molecular weight excluding hydrogens is 412 g/mol. The van der Waals surface area contributed by atoms with E-state index in [4.69, 9.17) is 5.10 Å². The van der Waals surface area contributed by atoms with E-state index >= 15 is 0 Å². The van der Waals surface area contributed by atoms with Gasteiger partial charge < -0.3 is 10.2 Å². The van der Waals surface area contributed by atoms with Crippen molar-refractivity contribution >= 4 is 17.6 Å². The maximum absolute atomic E-state index is 13.2. The van der Waals surface area contributed by atoms with Crippen molar-refractivity contribution < 1.29 is 9.59 Å². The first-order valence-electron chi connectivity index (χ1n) is 12.3. The van der Waals surface area contributed by atoms with Crippen LogP contribution in [0.1, 0.15) is 78.0 Å². The van der Waals surface area contributed by atoms with Gasteiger partial charge in [0.2, 0.25) is 11.8 Å². The molecule has 1 N–H and O–H groups in total. The number of nitrogens with zero attached hydrogens (tertiary/aromatic N) is 3. The minimum atomic E-state index is -0.186. The van der Waals surface area contributed by atoms with Crippen molar-refractivity contribution in [3.63, 3.8) is 0 Å². The molecule has 3 rings (SSSR count). The molecule has 1 aromatic heterocycles. The molecule has 33 heavy (non-hydrogen) atoms. The number of hydrogen-bond acceptors (Lipinski definition) is 3. The lowest BCUT2D eigenvalue weighted by molar-refractivity contribution is -0.139. The van der Waals surface area contributed by atoms with Crippen LogP contribution >= 0.6 is 0 Å². The van der Waals surface area contributed by atoms with Crippen molar-refractivity contribution in [3.05, 3.63) is 41.6 Å². The second-order valence-corrected chi connectivity index (χ2v) is 10.9. The molecule has 1 fully saturated rings. The van der Waals surface area contributed by atoms with Gasteiger partial charge in [-0.15, -0.1) is 0 Å². The number of aryl methyl sites for hydroxylation is 1. The Morgan fingerprint density at radius 3 is 2.45 bits per heavy atom. The molecule has 0 radical (unpaired) electrons. The third kappa shape index (κ3) is 6.68. The summed E-state index contributed by atoms with van der Waals surface area (Å²) in [5.41, 5.74) is 2.77. The molecule has 0 atom stereocenters. The predicted molar refractivity (Wildman–Crippen MR) is 134 cm³/mol. The Labute approximate surface area is 198 Å². The molecule has 0 bridgehead atoms. The number of amides is 2. The van der Waals surface area contributed by atoms with Crippen LogP contribution in [0.15, 0.2) is 30.3 Å². The molecule has 1 aliphatic rings. The molecule has 2 amide bonds. The molecule has 1 aromatic carbocycles. The molecule has 1 saturated carbocycles. The van der Waals surface area contributed by atoms with Gasteiger partial charge in [-0.05, 0) is 43.4 Å². The van der Waals surface area contributed by atoms with E-state index in [-0.39, 0.29) is 29.7 Å². The van der Waals surface area contributed by atoms with Gasteiger partial charge in [0.1, 0.15) is 5.82 Å². The van der Waals surface area contributed by atoms with Crippen molar-refractivity contribution in [3.8, 4) is 5.69 Å². The van der Waals surface area contributed by atoms with E-state index in [2.05, 4.69) is 39.9 Å². The van der Waals surface area contributed by atoms with E-state index in [9.17, 15) is 9.59 Å². The zero-order valence-corrected chi connectivity index (χ0v) is 21.1. The van der Waals surface area contributed by atoms with Gasteiger partial charge in [0, 0.05) is 23.9 Å². The molecule has 2 aromatic rings. The number of carbonyl (C=O) groups excluding carboxylic acids is 2. The van der Waals surface area contributed by atoms with Crippen LogP contribution in [0.3, 0.4) is 0 Å². The Hall–Kier alpha value is -2.63. The van der Waals surface area contributed by atoms with Crippen LogP contribution in [-0.2, 0) is 15.0 Å². The maximum atomic E-state index is 13.2. The van der Waals surface area contributed by atoms with Crippen LogP contribution < -0.4 is 5.32 Å². The van der Waals surface area contributed by atoms with Crippen molar-refractivity contribution in [2.75, 3.05) is 18.4 Å². The average Bonchev–Trinajstić information content (AvgIpc) is 3.17. The van der Waals surface area contributed by atoms with Gasteiger partial charge in [-0.2, -0.15) is 5.10 Å². The summed E-state index contributed by atoms with van der Waals surface area (Å²) in [4.78, 5) is 28.1. The van der Waals surface area contributed by atoms with Crippen LogP contribution in [-0.4, -0.2) is 39.6 Å². The average molecular weight is 453 g/mol. The normalized spacial score (nSPS) is 15.0. The minimum absolute atomic E-state index is 0.0515. The number of anilines is 1. The fourth-order valence-electron chi connectivity index (χ4n) is 4.43. The topological polar surface area (TPSA) is 67.2 Å². The molecule has 1 aliphatic carbocycles. The molecule has 6 heteroatoms. The second kappa shape index (κ2) is 10.5. The summed E-state index contributed by atoms with van der Waals surface area (Å²) < 4.78 is 1.79. The first-order valence-corrected chi connectivity index (χ1v) is 12.3. The Morgan fingerprint density at radius 2 is 1.85 bits per heavy atom. The van der Waals surface area contributed by atoms with E-state index in [0.29, 0.717) is 18.3 Å². The van der Waals surface area contributed by atoms with Crippen LogP contribution in [0.2, 0.25) is 0 Å². The smallest absolute Gasteiger partial charge is 0.245 e. The highest BCUT2D eigenvalue weighted by atomic mass is 16.2. The summed E-state index contributed by atoms with van der Waals surface area (Å²) in [6.07, 6.45) is 5.27. The first-order chi connectivity index (χ1) is 15.5. The lowest BCUT2D eigenvalue weighted by Crippen LogP contribution is -2.43. The summed E-state index contributed by atoms with van der Waals surface area (Å²) in [7, 11) is 0. The summed E-state index contributed by atoms with van der Waals surface area (Å²) in [5.74, 6) is 0.923. The van der Waals surface area contributed by atoms with Crippen LogP contribution in [0.5, 0.6) is 0 Å². The van der Waals surface area contributed by atoms with Gasteiger partial charge >= 0.3 is 0 Å². The number of rotatable bonds is 7. The van der Waals surface area contributed by atoms with Gasteiger partial charge in [-0.3, -0.25) is 9.59 Å². The zero-order valence-electron chi connectivity index (χ0n) is 21.1. The number of carbonyl (C=O) groups is 2. The minimum Gasteiger partial charge on any atom is -0.333 e. The number of benzene rings is 1. The highest BCUT2D eigenvalue weighted by Crippen LogP contribution is 2.28. The molecule has 0 unspecified atom stereocenters. The second-order valence-electron chi connectivity index (χ2n) is 10.9. The highest BCUT2D eigenvalue weighted by molar-refractivity contribution is 5.94. The Kier molecular flexibility index (Phi) is 7.98. The van der Waals surface area contributed by atoms with Crippen molar-refractivity contribution in [1.82, 2.24) is 14.7 Å². The van der Waals surface area contributed by atoms with Crippen molar-refractivity contribution in [2.45, 2.75) is 79.1 Å². The Bertz CT molecular complexity index is 965. The zero-order chi connectivity index (χ0) is 24.2. The molecule has 6 nitrogen and oxygen atoms in total. The van der Waals surface area contributed by atoms with Gasteiger partial charge in [0.15, 0.2) is 0 Å². The monoisotopic (exact) mass is 452 g/mol. The standard InChI is InChI=1S/C27H40N4O2/c1-19(2)17-30(26(33)21-12-8-7-9-13-21)18-25(32)28-24-16-23(27(4,5)6)29-31(24)22-14-10-11-20(3)15-22/h10-11,14-16,19,21H,7-9,12-13,17-18H2,1-6H3,(H,28,32). The lowest BCUT2D eigenvalue weighted by atomic mass is 9.88. The first kappa shape index (κ1) is 25.0. The van der Waals surface area contributed by atoms with E-state index < -0.39 is 0 Å². The number of aromatic nitrogens is 2. The van der Waals surface area contributed by atoms with E-state index in [1.165, 1.54) is 6.42 Å². The van der Waals surface area contributed by atoms with Gasteiger partial charge in [-0.1, -0.05) is 66.0 Å². The van der Waals surface area contributed by atoms with E-state index in [0.717, 1.165) is 42.6 Å². The third-order valence-corrected chi connectivity index (χ3v) is 6.18. The maximum Gasteiger partial charge on any atom is 0.245 e. The summed E-state index contributed by atoms with van der Waals surface area (Å²) in [6.45, 7) is 13.2. The molecule has 180 valence electrons. The Morgan fingerprint density at radius 1 is 1.15 bits per heavy atom. The summed E-state index contributed by atoms with van der Waals surface area (Å²) in [5, 5.41) is 7.85. The number of hydrogen-bond donors (Lipinski definition) is 1. The van der Waals surface area contributed by atoms with Crippen LogP contribution in [0, 0.1) is 18.8 Å². The molecule has 0 spiro atoms. The Balaban J connectivity index is 1.82. The SMILES string of the molecule is Cc1cccc(-n2nc(C(C)(C)C)cc2NC(=O)CN(CC(C)C)C(=O)C2CCCCC2)c1. The van der Waals surface area contributed by atoms with Gasteiger partial charge in [-0.25, -0.2) is 4.68 Å². The molecule has 0 aliphatic heterocycles. The molecule has 0 saturated heterocycles. The number of nitrogens with one attached hydrogen (secondary N) is 1.